The summed E-state index contributed by atoms with van der Waals surface area (Å²) >= 11 is 0. The monoisotopic (exact) mass is 466 g/mol. The second kappa shape index (κ2) is 14.4. The van der Waals surface area contributed by atoms with Crippen molar-refractivity contribution in [3.8, 4) is 5.75 Å². The molecule has 1 amide bonds. The van der Waals surface area contributed by atoms with Crippen LogP contribution in [0.2, 0.25) is 0 Å². The fourth-order valence-corrected chi connectivity index (χ4v) is 1.98. The molecule has 1 atom stereocenters. The van der Waals surface area contributed by atoms with Gasteiger partial charge in [-0.25, -0.2) is 14.9 Å². The average molecular weight is 466 g/mol. The molecule has 0 aliphatic carbocycles. The van der Waals surface area contributed by atoms with Gasteiger partial charge in [0.15, 0.2) is 5.03 Å². The van der Waals surface area contributed by atoms with Crippen LogP contribution in [-0.4, -0.2) is 53.3 Å². The van der Waals surface area contributed by atoms with Gasteiger partial charge in [0.1, 0.15) is 10.9 Å². The van der Waals surface area contributed by atoms with Crippen LogP contribution >= 0.6 is 0 Å². The molecule has 0 saturated heterocycles. The van der Waals surface area contributed by atoms with Gasteiger partial charge < -0.3 is 31.9 Å². The van der Waals surface area contributed by atoms with Gasteiger partial charge in [-0.1, -0.05) is 12.1 Å². The second-order valence-corrected chi connectivity index (χ2v) is 6.00. The van der Waals surface area contributed by atoms with Crippen molar-refractivity contribution < 1.29 is 37.6 Å². The topological polar surface area (TPSA) is 195 Å². The van der Waals surface area contributed by atoms with Crippen molar-refractivity contribution in [1.29, 1.82) is 0 Å². The lowest BCUT2D eigenvalue weighted by Gasteiger charge is -2.12. The first-order chi connectivity index (χ1) is 14.9. The van der Waals surface area contributed by atoms with E-state index in [9.17, 15) is 28.1 Å². The van der Waals surface area contributed by atoms with Gasteiger partial charge in [-0.15, -0.1) is 0 Å². The molecule has 0 aliphatic rings. The van der Waals surface area contributed by atoms with Gasteiger partial charge >= 0.3 is 12.1 Å². The number of hydrogen-bond donors (Lipinski definition) is 5. The van der Waals surface area contributed by atoms with Crippen LogP contribution in [0.1, 0.15) is 25.3 Å². The lowest BCUT2D eigenvalue weighted by molar-refractivity contribution is -0.485. The summed E-state index contributed by atoms with van der Waals surface area (Å²) in [4.78, 5) is 30.9. The van der Waals surface area contributed by atoms with E-state index >= 15 is 0 Å². The van der Waals surface area contributed by atoms with Gasteiger partial charge in [-0.3, -0.25) is 4.79 Å². The van der Waals surface area contributed by atoms with Crippen molar-refractivity contribution in [3.05, 3.63) is 39.9 Å². The quantitative estimate of drug-likeness (QED) is 0.107. The standard InChI is InChI=1S/C15H24N6O4.C2HF3O2/c1-2-25-12-7-5-11(6-8-12)10-19-14(22)13(16)4-3-9-18-15(17)20-21(23)24;3-2(4,5)1(6)7/h5-8,13H,2-4,9-10,16H2,1H3,(H,19,22)(H3,17,18,20);(H,6,7)/t13-;/m1./s1. The Bertz CT molecular complexity index is 773. The molecule has 1 aromatic carbocycles. The first-order valence-corrected chi connectivity index (χ1v) is 9.14. The van der Waals surface area contributed by atoms with Crippen LogP contribution < -0.4 is 26.8 Å². The Labute approximate surface area is 180 Å². The molecule has 1 rings (SSSR count). The molecular formula is C17H25F3N6O6. The summed E-state index contributed by atoms with van der Waals surface area (Å²) in [6.45, 7) is 3.22. The zero-order chi connectivity index (χ0) is 24.7. The number of nitrogens with one attached hydrogen (secondary N) is 2. The molecule has 0 bridgehead atoms. The molecule has 0 spiro atoms. The number of guanidine groups is 1. The van der Waals surface area contributed by atoms with E-state index in [1.165, 1.54) is 0 Å². The number of alkyl halides is 3. The van der Waals surface area contributed by atoms with Crippen LogP contribution in [0.5, 0.6) is 5.75 Å². The number of carbonyl (C=O) groups is 2. The first-order valence-electron chi connectivity index (χ1n) is 9.14. The highest BCUT2D eigenvalue weighted by atomic mass is 19.4. The molecule has 0 heterocycles. The van der Waals surface area contributed by atoms with Crippen LogP contribution in [0.15, 0.2) is 29.4 Å². The zero-order valence-electron chi connectivity index (χ0n) is 17.1. The molecule has 15 heteroatoms. The number of amides is 1. The zero-order valence-corrected chi connectivity index (χ0v) is 17.1. The van der Waals surface area contributed by atoms with Crippen molar-refractivity contribution >= 4 is 17.8 Å². The third kappa shape index (κ3) is 13.6. The normalized spacial score (nSPS) is 12.1. The van der Waals surface area contributed by atoms with Gasteiger partial charge in [0.25, 0.3) is 5.96 Å². The van der Waals surface area contributed by atoms with Crippen LogP contribution in [-0.2, 0) is 16.1 Å². The van der Waals surface area contributed by atoms with Gasteiger partial charge in [-0.2, -0.15) is 13.2 Å². The SMILES string of the molecule is CCOc1ccc(CNC(=O)[C@H](N)CCCNC(N)=N[N+](=O)[O-])cc1.O=C(O)C(F)(F)F. The van der Waals surface area contributed by atoms with E-state index in [1.807, 2.05) is 31.2 Å². The molecule has 180 valence electrons. The molecule has 0 fully saturated rings. The summed E-state index contributed by atoms with van der Waals surface area (Å²) < 4.78 is 37.1. The number of carbonyl (C=O) groups excluding carboxylic acids is 1. The predicted octanol–water partition coefficient (Wildman–Crippen LogP) is 0.538. The minimum absolute atomic E-state index is 0.263. The minimum Gasteiger partial charge on any atom is -0.494 e. The number of hydrazone groups is 1. The first kappa shape index (κ1) is 28.4. The van der Waals surface area contributed by atoms with E-state index in [2.05, 4.69) is 15.7 Å². The van der Waals surface area contributed by atoms with E-state index < -0.39 is 23.2 Å². The number of aliphatic carboxylic acids is 1. The van der Waals surface area contributed by atoms with Crippen molar-refractivity contribution in [2.24, 2.45) is 16.6 Å². The number of carboxylic acid groups (broad SMARTS) is 1. The maximum atomic E-state index is 11.9. The maximum Gasteiger partial charge on any atom is 0.490 e. The molecule has 32 heavy (non-hydrogen) atoms. The van der Waals surface area contributed by atoms with Crippen LogP contribution in [0.3, 0.4) is 0 Å². The molecule has 12 nitrogen and oxygen atoms in total. The predicted molar refractivity (Wildman–Crippen MR) is 107 cm³/mol. The van der Waals surface area contributed by atoms with Crippen molar-refractivity contribution in [2.45, 2.75) is 38.5 Å². The molecular weight excluding hydrogens is 441 g/mol. The highest BCUT2D eigenvalue weighted by molar-refractivity contribution is 5.81. The van der Waals surface area contributed by atoms with E-state index in [0.717, 1.165) is 11.3 Å². The van der Waals surface area contributed by atoms with E-state index in [1.54, 1.807) is 0 Å². The number of benzene rings is 1. The molecule has 0 aromatic heterocycles. The molecule has 0 aliphatic heterocycles. The number of carboxylic acids is 1. The summed E-state index contributed by atoms with van der Waals surface area (Å²) in [6.07, 6.45) is -4.15. The number of hydrogen-bond acceptors (Lipinski definition) is 6. The Hall–Kier alpha value is -3.62. The Kier molecular flexibility index (Phi) is 12.8. The Morgan fingerprint density at radius 1 is 1.28 bits per heavy atom. The Morgan fingerprint density at radius 2 is 1.84 bits per heavy atom. The third-order valence-electron chi connectivity index (χ3n) is 3.47. The van der Waals surface area contributed by atoms with E-state index in [0.29, 0.717) is 32.5 Å². The smallest absolute Gasteiger partial charge is 0.490 e. The van der Waals surface area contributed by atoms with Crippen molar-refractivity contribution in [3.63, 3.8) is 0 Å². The van der Waals surface area contributed by atoms with Crippen molar-refractivity contribution in [2.75, 3.05) is 13.2 Å². The average Bonchev–Trinajstić information content (AvgIpc) is 2.69. The molecule has 0 saturated carbocycles. The van der Waals surface area contributed by atoms with Gasteiger partial charge in [0.2, 0.25) is 5.91 Å². The number of ether oxygens (including phenoxy) is 1. The van der Waals surface area contributed by atoms with Crippen molar-refractivity contribution in [1.82, 2.24) is 10.6 Å². The second-order valence-electron chi connectivity index (χ2n) is 6.00. The van der Waals surface area contributed by atoms with Gasteiger partial charge in [0.05, 0.1) is 12.6 Å². The highest BCUT2D eigenvalue weighted by Crippen LogP contribution is 2.13. The third-order valence-corrected chi connectivity index (χ3v) is 3.47. The van der Waals surface area contributed by atoms with Crippen LogP contribution in [0.4, 0.5) is 13.2 Å². The Morgan fingerprint density at radius 3 is 2.31 bits per heavy atom. The summed E-state index contributed by atoms with van der Waals surface area (Å²) in [5, 5.41) is 24.6. The lowest BCUT2D eigenvalue weighted by atomic mass is 10.1. The summed E-state index contributed by atoms with van der Waals surface area (Å²) in [5.74, 6) is -2.52. The molecule has 0 unspecified atom stereocenters. The minimum atomic E-state index is -5.08. The summed E-state index contributed by atoms with van der Waals surface area (Å²) in [7, 11) is 0. The number of halogens is 3. The fourth-order valence-electron chi connectivity index (χ4n) is 1.98. The number of rotatable bonds is 10. The number of nitrogens with two attached hydrogens (primary N) is 2. The highest BCUT2D eigenvalue weighted by Gasteiger charge is 2.38. The number of nitro groups is 1. The van der Waals surface area contributed by atoms with E-state index in [4.69, 9.17) is 26.1 Å². The molecule has 0 radical (unpaired) electrons. The maximum absolute atomic E-state index is 11.9. The van der Waals surface area contributed by atoms with Gasteiger partial charge in [0, 0.05) is 13.1 Å². The van der Waals surface area contributed by atoms with Crippen LogP contribution in [0, 0.1) is 10.1 Å². The number of nitrogens with zero attached hydrogens (tertiary/aromatic N) is 2. The largest absolute Gasteiger partial charge is 0.494 e. The summed E-state index contributed by atoms with van der Waals surface area (Å²) in [6, 6.07) is 6.76. The van der Waals surface area contributed by atoms with E-state index in [-0.39, 0.29) is 11.9 Å². The fraction of sp³-hybridized carbons (Fsp3) is 0.471. The molecule has 1 aromatic rings. The van der Waals surface area contributed by atoms with Gasteiger partial charge in [-0.05, 0) is 37.5 Å². The molecule has 7 N–H and O–H groups in total. The lowest BCUT2D eigenvalue weighted by Crippen LogP contribution is -2.41. The van der Waals surface area contributed by atoms with Crippen LogP contribution in [0.25, 0.3) is 0 Å². The summed E-state index contributed by atoms with van der Waals surface area (Å²) in [5.41, 5.74) is 12.0. The Balaban J connectivity index is 0.00000118.